The van der Waals surface area contributed by atoms with Crippen molar-refractivity contribution in [3.05, 3.63) is 56.9 Å². The lowest BCUT2D eigenvalue weighted by Gasteiger charge is -2.10. The number of nitriles is 1. The number of hydrogen-bond donors (Lipinski definition) is 2. The third-order valence-corrected chi connectivity index (χ3v) is 3.80. The summed E-state index contributed by atoms with van der Waals surface area (Å²) in [4.78, 5) is 26.2. The number of pyridine rings is 1. The summed E-state index contributed by atoms with van der Waals surface area (Å²) in [6, 6.07) is 5.59. The van der Waals surface area contributed by atoms with E-state index < -0.39 is 0 Å². The first kappa shape index (κ1) is 16.6. The van der Waals surface area contributed by atoms with Gasteiger partial charge in [-0.1, -0.05) is 0 Å². The number of rotatable bonds is 6. The molecule has 0 aliphatic rings. The zero-order chi connectivity index (χ0) is 16.8. The molecular formula is C17H19N3O3. The topological polar surface area (TPSA) is 98.9 Å². The summed E-state index contributed by atoms with van der Waals surface area (Å²) in [6.45, 7) is 4.03. The summed E-state index contributed by atoms with van der Waals surface area (Å²) in [5.74, 6) is 0.761. The molecular weight excluding hydrogens is 294 g/mol. The van der Waals surface area contributed by atoms with Gasteiger partial charge in [0.25, 0.3) is 5.56 Å². The smallest absolute Gasteiger partial charge is 0.266 e. The van der Waals surface area contributed by atoms with Gasteiger partial charge in [-0.25, -0.2) is 0 Å². The van der Waals surface area contributed by atoms with Crippen LogP contribution in [-0.4, -0.2) is 17.4 Å². The monoisotopic (exact) mass is 313 g/mol. The Morgan fingerprint density at radius 3 is 2.83 bits per heavy atom. The summed E-state index contributed by atoms with van der Waals surface area (Å²) in [6.07, 6.45) is 3.03. The third-order valence-electron chi connectivity index (χ3n) is 3.80. The number of H-pyrrole nitrogens is 1. The highest BCUT2D eigenvalue weighted by molar-refractivity contribution is 5.76. The zero-order valence-corrected chi connectivity index (χ0v) is 13.2. The minimum atomic E-state index is -0.380. The molecule has 2 heterocycles. The van der Waals surface area contributed by atoms with Crippen molar-refractivity contribution in [1.29, 1.82) is 5.26 Å². The molecule has 0 radical (unpaired) electrons. The Morgan fingerprint density at radius 1 is 1.39 bits per heavy atom. The Labute approximate surface area is 134 Å². The molecule has 1 amide bonds. The lowest BCUT2D eigenvalue weighted by atomic mass is 9.99. The minimum absolute atomic E-state index is 0.0694. The molecule has 23 heavy (non-hydrogen) atoms. The molecule has 2 rings (SSSR count). The summed E-state index contributed by atoms with van der Waals surface area (Å²) < 4.78 is 5.20. The van der Waals surface area contributed by atoms with Crippen molar-refractivity contribution in [2.24, 2.45) is 0 Å². The molecule has 120 valence electrons. The average Bonchev–Trinajstić information content (AvgIpc) is 3.00. The van der Waals surface area contributed by atoms with Gasteiger partial charge in [0.05, 0.1) is 6.26 Å². The van der Waals surface area contributed by atoms with Crippen molar-refractivity contribution in [2.75, 3.05) is 6.54 Å². The summed E-state index contributed by atoms with van der Waals surface area (Å²) in [5.41, 5.74) is 1.94. The first-order valence-corrected chi connectivity index (χ1v) is 7.44. The number of carbonyl (C=O) groups excluding carboxylic acids is 1. The fourth-order valence-corrected chi connectivity index (χ4v) is 2.53. The van der Waals surface area contributed by atoms with Gasteiger partial charge in [-0.2, -0.15) is 5.26 Å². The molecule has 0 aromatic carbocycles. The maximum Gasteiger partial charge on any atom is 0.266 e. The van der Waals surface area contributed by atoms with Crippen LogP contribution in [0.3, 0.4) is 0 Å². The normalized spacial score (nSPS) is 10.3. The average molecular weight is 313 g/mol. The molecule has 0 unspecified atom stereocenters. The molecule has 0 aliphatic carbocycles. The molecule has 0 spiro atoms. The van der Waals surface area contributed by atoms with Crippen molar-refractivity contribution >= 4 is 5.91 Å². The van der Waals surface area contributed by atoms with E-state index in [4.69, 9.17) is 9.68 Å². The van der Waals surface area contributed by atoms with Crippen LogP contribution < -0.4 is 10.9 Å². The number of furan rings is 1. The number of nitrogens with one attached hydrogen (secondary N) is 2. The van der Waals surface area contributed by atoms with Crippen molar-refractivity contribution in [3.63, 3.8) is 0 Å². The maximum atomic E-state index is 11.9. The minimum Gasteiger partial charge on any atom is -0.469 e. The van der Waals surface area contributed by atoms with Crippen molar-refractivity contribution in [3.8, 4) is 6.07 Å². The van der Waals surface area contributed by atoms with Crippen LogP contribution in [0.1, 0.15) is 34.6 Å². The Balaban J connectivity index is 1.92. The van der Waals surface area contributed by atoms with Gasteiger partial charge in [-0.3, -0.25) is 9.59 Å². The number of aryl methyl sites for hydroxylation is 1. The number of aromatic amines is 1. The van der Waals surface area contributed by atoms with E-state index in [-0.39, 0.29) is 17.0 Å². The Bertz CT molecular complexity index is 783. The largest absolute Gasteiger partial charge is 0.469 e. The molecule has 0 aliphatic heterocycles. The van der Waals surface area contributed by atoms with E-state index in [1.165, 1.54) is 0 Å². The third kappa shape index (κ3) is 4.10. The van der Waals surface area contributed by atoms with E-state index in [1.54, 1.807) is 20.1 Å². The predicted molar refractivity (Wildman–Crippen MR) is 85.0 cm³/mol. The van der Waals surface area contributed by atoms with Gasteiger partial charge in [0.15, 0.2) is 0 Å². The number of nitrogens with zero attached hydrogens (tertiary/aromatic N) is 1. The van der Waals surface area contributed by atoms with Gasteiger partial charge in [0, 0.05) is 25.1 Å². The van der Waals surface area contributed by atoms with E-state index in [0.29, 0.717) is 37.1 Å². The van der Waals surface area contributed by atoms with Gasteiger partial charge in [0.2, 0.25) is 5.91 Å². The lowest BCUT2D eigenvalue weighted by Crippen LogP contribution is -2.26. The van der Waals surface area contributed by atoms with Crippen LogP contribution in [0.15, 0.2) is 27.6 Å². The highest BCUT2D eigenvalue weighted by Crippen LogP contribution is 2.14. The van der Waals surface area contributed by atoms with Crippen LogP contribution >= 0.6 is 0 Å². The molecule has 0 bridgehead atoms. The van der Waals surface area contributed by atoms with Crippen molar-refractivity contribution in [2.45, 2.75) is 33.1 Å². The van der Waals surface area contributed by atoms with Crippen LogP contribution in [0.4, 0.5) is 0 Å². The summed E-state index contributed by atoms with van der Waals surface area (Å²) in [7, 11) is 0. The number of amides is 1. The Hall–Kier alpha value is -2.81. The second-order valence-corrected chi connectivity index (χ2v) is 5.35. The van der Waals surface area contributed by atoms with Crippen LogP contribution in [0.5, 0.6) is 0 Å². The Morgan fingerprint density at radius 2 is 2.17 bits per heavy atom. The highest BCUT2D eigenvalue weighted by Gasteiger charge is 2.13. The van der Waals surface area contributed by atoms with E-state index in [9.17, 15) is 9.59 Å². The number of aromatic nitrogens is 1. The second-order valence-electron chi connectivity index (χ2n) is 5.35. The number of hydrogen-bond acceptors (Lipinski definition) is 4. The number of carbonyl (C=O) groups is 1. The molecule has 0 fully saturated rings. The van der Waals surface area contributed by atoms with Gasteiger partial charge in [-0.15, -0.1) is 0 Å². The quantitative estimate of drug-likeness (QED) is 0.848. The lowest BCUT2D eigenvalue weighted by molar-refractivity contribution is -0.121. The maximum absolute atomic E-state index is 11.9. The molecule has 2 N–H and O–H groups in total. The van der Waals surface area contributed by atoms with Crippen LogP contribution in [0.2, 0.25) is 0 Å². The van der Waals surface area contributed by atoms with Gasteiger partial charge in [0.1, 0.15) is 17.4 Å². The van der Waals surface area contributed by atoms with Crippen LogP contribution in [-0.2, 0) is 17.6 Å². The van der Waals surface area contributed by atoms with Crippen molar-refractivity contribution < 1.29 is 9.21 Å². The van der Waals surface area contributed by atoms with Gasteiger partial charge in [-0.05, 0) is 43.5 Å². The van der Waals surface area contributed by atoms with Gasteiger partial charge >= 0.3 is 0 Å². The molecule has 0 saturated carbocycles. The van der Waals surface area contributed by atoms with Crippen LogP contribution in [0.25, 0.3) is 0 Å². The van der Waals surface area contributed by atoms with Crippen LogP contribution in [0, 0.1) is 25.2 Å². The molecule has 6 heteroatoms. The SMILES string of the molecule is Cc1[nH]c(=O)c(C#N)c(C)c1CCC(=O)NCCc1ccco1. The fraction of sp³-hybridized carbons (Fsp3) is 0.353. The predicted octanol–water partition coefficient (Wildman–Crippen LogP) is 1.75. The van der Waals surface area contributed by atoms with E-state index >= 15 is 0 Å². The summed E-state index contributed by atoms with van der Waals surface area (Å²) in [5, 5.41) is 11.9. The van der Waals surface area contributed by atoms with Crippen molar-refractivity contribution in [1.82, 2.24) is 10.3 Å². The first-order valence-electron chi connectivity index (χ1n) is 7.44. The standard InChI is InChI=1S/C17H19N3O3/c1-11-14(12(2)20-17(22)15(11)10-18)5-6-16(21)19-8-7-13-4-3-9-23-13/h3-4,9H,5-8H2,1-2H3,(H,19,21)(H,20,22). The first-order chi connectivity index (χ1) is 11.0. The van der Waals surface area contributed by atoms with E-state index in [1.807, 2.05) is 18.2 Å². The molecule has 6 nitrogen and oxygen atoms in total. The van der Waals surface area contributed by atoms with E-state index in [2.05, 4.69) is 10.3 Å². The van der Waals surface area contributed by atoms with E-state index in [0.717, 1.165) is 11.3 Å². The molecule has 2 aromatic heterocycles. The van der Waals surface area contributed by atoms with Gasteiger partial charge < -0.3 is 14.7 Å². The molecule has 0 atom stereocenters. The Kier molecular flexibility index (Phi) is 5.36. The zero-order valence-electron chi connectivity index (χ0n) is 13.2. The fourth-order valence-electron chi connectivity index (χ4n) is 2.53. The highest BCUT2D eigenvalue weighted by atomic mass is 16.3. The molecule has 0 saturated heterocycles. The molecule has 2 aromatic rings. The second kappa shape index (κ2) is 7.45. The summed E-state index contributed by atoms with van der Waals surface area (Å²) >= 11 is 0.